The number of hydrogen-bond acceptors (Lipinski definition) is 4. The van der Waals surface area contributed by atoms with Gasteiger partial charge in [0, 0.05) is 43.7 Å². The van der Waals surface area contributed by atoms with Gasteiger partial charge in [0.25, 0.3) is 5.91 Å². The van der Waals surface area contributed by atoms with Gasteiger partial charge in [-0.1, -0.05) is 78.9 Å². The third kappa shape index (κ3) is 6.07. The number of para-hydroxylation sites is 1. The van der Waals surface area contributed by atoms with Crippen LogP contribution in [-0.2, 0) is 22.6 Å². The number of H-pyrrole nitrogens is 1. The van der Waals surface area contributed by atoms with E-state index in [1.807, 2.05) is 84.9 Å². The van der Waals surface area contributed by atoms with Crippen molar-refractivity contribution in [3.8, 4) is 0 Å². The molecule has 40 heavy (non-hydrogen) atoms. The lowest BCUT2D eigenvalue weighted by atomic mass is 9.97. The highest BCUT2D eigenvalue weighted by Gasteiger charge is 2.38. The number of piperidine rings is 1. The first-order valence-corrected chi connectivity index (χ1v) is 13.6. The van der Waals surface area contributed by atoms with Gasteiger partial charge >= 0.3 is 0 Å². The highest BCUT2D eigenvalue weighted by atomic mass is 16.3. The molecule has 2 unspecified atom stereocenters. The van der Waals surface area contributed by atoms with E-state index in [0.29, 0.717) is 31.4 Å². The molecule has 1 aromatic heterocycles. The van der Waals surface area contributed by atoms with E-state index in [-0.39, 0.29) is 18.4 Å². The second-order valence-corrected chi connectivity index (χ2v) is 10.4. The molecule has 0 spiro atoms. The summed E-state index contributed by atoms with van der Waals surface area (Å²) in [6.45, 7) is 0.448. The molecule has 1 aliphatic heterocycles. The van der Waals surface area contributed by atoms with Crippen molar-refractivity contribution in [2.75, 3.05) is 13.6 Å². The van der Waals surface area contributed by atoms with E-state index in [9.17, 15) is 19.5 Å². The molecule has 3 atom stereocenters. The number of aromatic nitrogens is 1. The van der Waals surface area contributed by atoms with Gasteiger partial charge in [-0.3, -0.25) is 14.4 Å². The Morgan fingerprint density at radius 2 is 1.60 bits per heavy atom. The molecule has 1 aliphatic rings. The van der Waals surface area contributed by atoms with Crippen LogP contribution in [0.3, 0.4) is 0 Å². The first-order chi connectivity index (χ1) is 19.4. The molecule has 3 amide bonds. The van der Waals surface area contributed by atoms with E-state index < -0.39 is 24.1 Å². The van der Waals surface area contributed by atoms with Gasteiger partial charge in [0.2, 0.25) is 11.8 Å². The Morgan fingerprint density at radius 3 is 2.33 bits per heavy atom. The minimum Gasteiger partial charge on any atom is -0.391 e. The van der Waals surface area contributed by atoms with Crippen molar-refractivity contribution in [3.05, 3.63) is 108 Å². The average molecular weight is 539 g/mol. The average Bonchev–Trinajstić information content (AvgIpc) is 3.41. The molecule has 3 N–H and O–H groups in total. The molecule has 0 saturated carbocycles. The predicted molar refractivity (Wildman–Crippen MR) is 153 cm³/mol. The van der Waals surface area contributed by atoms with Crippen LogP contribution in [0.25, 0.3) is 10.9 Å². The third-order valence-electron chi connectivity index (χ3n) is 7.48. The van der Waals surface area contributed by atoms with E-state index in [2.05, 4.69) is 10.3 Å². The zero-order valence-electron chi connectivity index (χ0n) is 22.5. The van der Waals surface area contributed by atoms with Gasteiger partial charge in [0.15, 0.2) is 0 Å². The standard InChI is InChI=1S/C32H34N4O4/c1-35(20-23-12-6-3-7-13-23)32(40)28(18-22-10-4-2-5-11-22)34-30(38)29-17-16-24(37)21-36(29)31(39)26-19-33-27-15-9-8-14-25(26)27/h2-15,19,24,28-29,33,37H,16-18,20-21H2,1H3,(H,34,38)/t24?,28-,29?/m1/s1. The Labute approximate surface area is 233 Å². The second kappa shape index (κ2) is 12.2. The van der Waals surface area contributed by atoms with Gasteiger partial charge in [-0.15, -0.1) is 0 Å². The van der Waals surface area contributed by atoms with E-state index in [1.165, 1.54) is 4.90 Å². The van der Waals surface area contributed by atoms with Crippen molar-refractivity contribution in [3.63, 3.8) is 0 Å². The van der Waals surface area contributed by atoms with E-state index in [0.717, 1.165) is 22.0 Å². The lowest BCUT2D eigenvalue weighted by Crippen LogP contribution is -2.58. The molecule has 1 fully saturated rings. The SMILES string of the molecule is CN(Cc1ccccc1)C(=O)[C@@H](Cc1ccccc1)NC(=O)C1CCC(O)CN1C(=O)c1c[nH]c2ccccc12. The molecule has 5 rings (SSSR count). The number of nitrogens with one attached hydrogen (secondary N) is 2. The maximum Gasteiger partial charge on any atom is 0.256 e. The summed E-state index contributed by atoms with van der Waals surface area (Å²) in [7, 11) is 1.73. The van der Waals surface area contributed by atoms with Gasteiger partial charge < -0.3 is 25.2 Å². The summed E-state index contributed by atoms with van der Waals surface area (Å²) in [6.07, 6.45) is 1.92. The van der Waals surface area contributed by atoms with Crippen LogP contribution >= 0.6 is 0 Å². The van der Waals surface area contributed by atoms with Crippen LogP contribution in [0.4, 0.5) is 0 Å². The highest BCUT2D eigenvalue weighted by Crippen LogP contribution is 2.25. The molecule has 2 heterocycles. The Kier molecular flexibility index (Phi) is 8.26. The van der Waals surface area contributed by atoms with Crippen molar-refractivity contribution in [2.24, 2.45) is 0 Å². The minimum atomic E-state index is -0.819. The van der Waals surface area contributed by atoms with Crippen LogP contribution in [0.2, 0.25) is 0 Å². The van der Waals surface area contributed by atoms with Gasteiger partial charge in [0.1, 0.15) is 12.1 Å². The smallest absolute Gasteiger partial charge is 0.256 e. The number of nitrogens with zero attached hydrogens (tertiary/aromatic N) is 2. The fraction of sp³-hybridized carbons (Fsp3) is 0.281. The number of aromatic amines is 1. The Bertz CT molecular complexity index is 1470. The van der Waals surface area contributed by atoms with Crippen molar-refractivity contribution in [1.29, 1.82) is 0 Å². The normalized spacial score (nSPS) is 17.8. The van der Waals surface area contributed by atoms with Crippen LogP contribution < -0.4 is 5.32 Å². The molecule has 1 saturated heterocycles. The molecule has 8 nitrogen and oxygen atoms in total. The summed E-state index contributed by atoms with van der Waals surface area (Å²) < 4.78 is 0. The van der Waals surface area contributed by atoms with E-state index >= 15 is 0 Å². The topological polar surface area (TPSA) is 106 Å². The summed E-state index contributed by atoms with van der Waals surface area (Å²) in [5, 5.41) is 14.1. The van der Waals surface area contributed by atoms with Gasteiger partial charge in [0.05, 0.1) is 11.7 Å². The van der Waals surface area contributed by atoms with Gasteiger partial charge in [-0.05, 0) is 30.0 Å². The van der Waals surface area contributed by atoms with Crippen molar-refractivity contribution in [2.45, 2.75) is 44.0 Å². The van der Waals surface area contributed by atoms with Crippen LogP contribution in [-0.4, -0.2) is 69.4 Å². The fourth-order valence-electron chi connectivity index (χ4n) is 5.37. The Hall–Kier alpha value is -4.43. The highest BCUT2D eigenvalue weighted by molar-refractivity contribution is 6.08. The molecular formula is C32H34N4O4. The zero-order valence-corrected chi connectivity index (χ0v) is 22.5. The molecule has 0 aliphatic carbocycles. The fourth-order valence-corrected chi connectivity index (χ4v) is 5.37. The minimum absolute atomic E-state index is 0.0433. The van der Waals surface area contributed by atoms with Crippen molar-refractivity contribution >= 4 is 28.6 Å². The number of aliphatic hydroxyl groups is 1. The molecule has 3 aromatic carbocycles. The molecule has 206 valence electrons. The third-order valence-corrected chi connectivity index (χ3v) is 7.48. The summed E-state index contributed by atoms with van der Waals surface area (Å²) in [4.78, 5) is 47.3. The lowest BCUT2D eigenvalue weighted by molar-refractivity contribution is -0.137. The number of likely N-dealkylation sites (N-methyl/N-ethyl adjacent to an activating group) is 1. The maximum absolute atomic E-state index is 13.8. The van der Waals surface area contributed by atoms with E-state index in [4.69, 9.17) is 0 Å². The Balaban J connectivity index is 1.37. The van der Waals surface area contributed by atoms with Crippen LogP contribution in [0.1, 0.15) is 34.3 Å². The van der Waals surface area contributed by atoms with Crippen molar-refractivity contribution in [1.82, 2.24) is 20.1 Å². The van der Waals surface area contributed by atoms with Gasteiger partial charge in [-0.25, -0.2) is 0 Å². The number of rotatable bonds is 8. The van der Waals surface area contributed by atoms with Gasteiger partial charge in [-0.2, -0.15) is 0 Å². The second-order valence-electron chi connectivity index (χ2n) is 10.4. The number of carbonyl (C=O) groups is 3. The summed E-state index contributed by atoms with van der Waals surface area (Å²) >= 11 is 0. The predicted octanol–water partition coefficient (Wildman–Crippen LogP) is 3.52. The summed E-state index contributed by atoms with van der Waals surface area (Å²) in [6, 6.07) is 25.1. The van der Waals surface area contributed by atoms with Crippen LogP contribution in [0.5, 0.6) is 0 Å². The zero-order chi connectivity index (χ0) is 28.1. The molecule has 0 bridgehead atoms. The molecule has 8 heteroatoms. The monoisotopic (exact) mass is 538 g/mol. The molecule has 4 aromatic rings. The molecule has 0 radical (unpaired) electrons. The first kappa shape index (κ1) is 27.1. The summed E-state index contributed by atoms with van der Waals surface area (Å²) in [5.41, 5.74) is 3.17. The number of amides is 3. The number of likely N-dealkylation sites (tertiary alicyclic amines) is 1. The number of benzene rings is 3. The van der Waals surface area contributed by atoms with Crippen LogP contribution in [0, 0.1) is 0 Å². The van der Waals surface area contributed by atoms with Crippen LogP contribution in [0.15, 0.2) is 91.1 Å². The number of fused-ring (bicyclic) bond motifs is 1. The quantitative estimate of drug-likeness (QED) is 0.319. The van der Waals surface area contributed by atoms with Crippen molar-refractivity contribution < 1.29 is 19.5 Å². The largest absolute Gasteiger partial charge is 0.391 e. The Morgan fingerprint density at radius 1 is 0.950 bits per heavy atom. The first-order valence-electron chi connectivity index (χ1n) is 13.6. The summed E-state index contributed by atoms with van der Waals surface area (Å²) in [5.74, 6) is -0.947. The number of β-amino-alcohol motifs (C(OH)–C–C–N with tert-alkyl or cyclic N) is 1. The number of hydrogen-bond donors (Lipinski definition) is 3. The molecular weight excluding hydrogens is 504 g/mol. The maximum atomic E-state index is 13.8. The van der Waals surface area contributed by atoms with E-state index in [1.54, 1.807) is 18.1 Å². The lowest BCUT2D eigenvalue weighted by Gasteiger charge is -2.38. The number of aliphatic hydroxyl groups excluding tert-OH is 1. The number of carbonyl (C=O) groups excluding carboxylic acids is 3.